The van der Waals surface area contributed by atoms with E-state index < -0.39 is 155 Å². The van der Waals surface area contributed by atoms with Crippen LogP contribution in [0.1, 0.15) is 104 Å². The Morgan fingerprint density at radius 2 is 0.938 bits per heavy atom. The van der Waals surface area contributed by atoms with Gasteiger partial charge in [0, 0.05) is 51.7 Å². The van der Waals surface area contributed by atoms with E-state index in [1.807, 2.05) is 0 Å². The van der Waals surface area contributed by atoms with Crippen LogP contribution in [0.15, 0.2) is 106 Å². The first-order chi connectivity index (χ1) is 42.8. The number of pyridine rings is 2. The summed E-state index contributed by atoms with van der Waals surface area (Å²) in [4.78, 5) is 64.0. The van der Waals surface area contributed by atoms with Crippen molar-refractivity contribution in [1.29, 1.82) is 0 Å². The van der Waals surface area contributed by atoms with Gasteiger partial charge < -0.3 is 30.5 Å². The van der Waals surface area contributed by atoms with Crippen molar-refractivity contribution in [3.05, 3.63) is 185 Å². The van der Waals surface area contributed by atoms with Gasteiger partial charge in [0.1, 0.15) is 12.4 Å². The first kappa shape index (κ1) is 82.6. The van der Waals surface area contributed by atoms with E-state index in [9.17, 15) is 111 Å². The van der Waals surface area contributed by atoms with E-state index in [1.165, 1.54) is 42.6 Å². The fraction of sp³-hybridized carbons (Fsp3) is 0.310. The summed E-state index contributed by atoms with van der Waals surface area (Å²) in [7, 11) is 0. The Bertz CT molecular complexity index is 3880. The number of amides is 3. The summed E-state index contributed by atoms with van der Waals surface area (Å²) in [6.07, 6.45) is -32.7. The fourth-order valence-corrected chi connectivity index (χ4v) is 9.36. The van der Waals surface area contributed by atoms with Gasteiger partial charge in [0.05, 0.1) is 56.1 Å². The van der Waals surface area contributed by atoms with Crippen LogP contribution in [-0.2, 0) is 42.2 Å². The number of carbonyl (C=O) groups excluding carboxylic acids is 4. The van der Waals surface area contributed by atoms with Gasteiger partial charge in [-0.15, -0.1) is 9.97 Å². The first-order valence-electron chi connectivity index (χ1n) is 25.4. The quantitative estimate of drug-likeness (QED) is 0.0560. The van der Waals surface area contributed by atoms with E-state index >= 15 is 4.39 Å². The van der Waals surface area contributed by atoms with E-state index in [4.69, 9.17) is 24.7 Å². The van der Waals surface area contributed by atoms with Crippen LogP contribution < -0.4 is 20.9 Å². The Hall–Kier alpha value is -7.67. The maximum absolute atomic E-state index is 15.8. The number of hydrogen-bond donors (Lipinski definition) is 3. The molecule has 2 heterocycles. The average molecular weight is 1580 g/mol. The summed E-state index contributed by atoms with van der Waals surface area (Å²) < 4.78 is 298. The van der Waals surface area contributed by atoms with Crippen molar-refractivity contribution >= 4 is 101 Å². The number of halogens is 25. The number of anilines is 4. The van der Waals surface area contributed by atoms with Crippen LogP contribution in [0.2, 0.25) is 0 Å². The monoisotopic (exact) mass is 1580 g/mol. The number of alkyl halides is 20. The number of rotatable bonds is 14. The molecule has 0 spiro atoms. The topological polar surface area (TPSA) is 142 Å². The maximum atomic E-state index is 15.8. The molecule has 38 heteroatoms. The van der Waals surface area contributed by atoms with E-state index in [1.54, 1.807) is 10.6 Å². The van der Waals surface area contributed by atoms with E-state index in [-0.39, 0.29) is 80.9 Å². The zero-order chi connectivity index (χ0) is 69.9. The molecule has 0 bridgehead atoms. The second kappa shape index (κ2) is 31.2. The molecule has 0 aliphatic heterocycles. The van der Waals surface area contributed by atoms with Gasteiger partial charge in [-0.3, -0.25) is 19.2 Å². The van der Waals surface area contributed by atoms with Crippen molar-refractivity contribution in [2.45, 2.75) is 88.9 Å². The summed E-state index contributed by atoms with van der Waals surface area (Å²) in [6, 6.07) is 9.86. The molecular formula is C58H41Br2ClF22N8O4V. The van der Waals surface area contributed by atoms with Gasteiger partial charge in [-0.1, -0.05) is 52.3 Å². The number of aromatic nitrogens is 2. The molecule has 2 aliphatic carbocycles. The molecule has 1 radical (unpaired) electrons. The SMILES string of the molecule is C.C.O=C(Nc1c(Br)cc(C(F)(C(F)(F)F)C(F)(F)F)cc1C(F)(F)F)c1cccc(NCC2CC2)c1F.[C-]#[N+]c1ccc(C(=O)Cl)cn1.[C-]#[N+]c1ccc(C(=O)N(CC2CC2)c2cccc(C(=O)Nc3c(Br)cc(C(F)(C(F)(F)F)C(F)(F)F)cc3C(F)(F)F)c2F)cn1.[V]. The molecule has 2 aliphatic rings. The van der Waals surface area contributed by atoms with Gasteiger partial charge in [-0.25, -0.2) is 17.6 Å². The molecule has 2 saturated carbocycles. The third-order valence-electron chi connectivity index (χ3n) is 13.2. The molecule has 2 aromatic heterocycles. The number of hydrogen-bond acceptors (Lipinski definition) is 7. The van der Waals surface area contributed by atoms with Crippen LogP contribution in [0.25, 0.3) is 9.69 Å². The van der Waals surface area contributed by atoms with Crippen LogP contribution in [-0.4, -0.2) is 70.7 Å². The van der Waals surface area contributed by atoms with Gasteiger partial charge in [0.2, 0.25) is 0 Å². The van der Waals surface area contributed by atoms with Gasteiger partial charge >= 0.3 is 48.4 Å². The Morgan fingerprint density at radius 3 is 1.28 bits per heavy atom. The molecule has 0 saturated heterocycles. The summed E-state index contributed by atoms with van der Waals surface area (Å²) in [6.45, 7) is 13.9. The van der Waals surface area contributed by atoms with E-state index in [0.717, 1.165) is 48.2 Å². The largest absolute Gasteiger partial charge is 0.435 e. The Morgan fingerprint density at radius 1 is 0.552 bits per heavy atom. The second-order valence-electron chi connectivity index (χ2n) is 19.8. The van der Waals surface area contributed by atoms with E-state index in [2.05, 4.69) is 56.8 Å². The van der Waals surface area contributed by atoms with Crippen LogP contribution in [0, 0.1) is 36.6 Å². The van der Waals surface area contributed by atoms with Crippen LogP contribution in [0.4, 0.5) is 131 Å². The van der Waals surface area contributed by atoms with Crippen LogP contribution in [0.5, 0.6) is 0 Å². The maximum Gasteiger partial charge on any atom is 0.435 e. The summed E-state index contributed by atoms with van der Waals surface area (Å²) in [5, 5.41) is 5.44. The minimum atomic E-state index is -6.74. The van der Waals surface area contributed by atoms with Gasteiger partial charge in [0.25, 0.3) is 34.6 Å². The number of carbonyl (C=O) groups is 4. The van der Waals surface area contributed by atoms with Crippen molar-refractivity contribution in [3.8, 4) is 0 Å². The first-order valence-corrected chi connectivity index (χ1v) is 27.4. The second-order valence-corrected chi connectivity index (χ2v) is 21.8. The van der Waals surface area contributed by atoms with Gasteiger partial charge in [0.15, 0.2) is 11.6 Å². The predicted octanol–water partition coefficient (Wildman–Crippen LogP) is 20.4. The molecular weight excluding hydrogens is 1540 g/mol. The molecule has 0 atom stereocenters. The van der Waals surface area contributed by atoms with Crippen molar-refractivity contribution in [2.24, 2.45) is 11.8 Å². The molecule has 2 fully saturated rings. The summed E-state index contributed by atoms with van der Waals surface area (Å²) >= 11 is 9.89. The molecule has 3 N–H and O–H groups in total. The molecule has 8 rings (SSSR count). The number of nitrogens with zero attached hydrogens (tertiary/aromatic N) is 5. The fourth-order valence-electron chi connectivity index (χ4n) is 8.13. The Labute approximate surface area is 562 Å². The van der Waals surface area contributed by atoms with Gasteiger partial charge in [-0.2, -0.15) is 79.0 Å². The molecule has 6 aromatic rings. The third-order valence-corrected chi connectivity index (χ3v) is 14.7. The molecule has 3 amide bonds. The molecule has 12 nitrogen and oxygen atoms in total. The van der Waals surface area contributed by atoms with E-state index in [0.29, 0.717) is 30.9 Å². The zero-order valence-electron chi connectivity index (χ0n) is 45.9. The number of benzene rings is 4. The normalized spacial score (nSPS) is 13.4. The minimum absolute atomic E-state index is 0. The third kappa shape index (κ3) is 18.7. The average Bonchev–Trinajstić information content (AvgIpc) is 0.752. The Balaban J connectivity index is 0.000000427. The minimum Gasteiger partial charge on any atom is -0.382 e. The smallest absolute Gasteiger partial charge is 0.382 e. The van der Waals surface area contributed by atoms with Gasteiger partial charge in [-0.05, 0) is 142 Å². The van der Waals surface area contributed by atoms with Crippen molar-refractivity contribution in [2.75, 3.05) is 33.9 Å². The van der Waals surface area contributed by atoms with Crippen LogP contribution in [0.3, 0.4) is 0 Å². The van der Waals surface area contributed by atoms with Crippen molar-refractivity contribution < 1.29 is 134 Å². The zero-order valence-corrected chi connectivity index (χ0v) is 51.2. The summed E-state index contributed by atoms with van der Waals surface area (Å²) in [5.41, 5.74) is -26.7. The Kier molecular flexibility index (Phi) is 26.9. The van der Waals surface area contributed by atoms with Crippen molar-refractivity contribution in [3.63, 3.8) is 0 Å². The predicted molar refractivity (Wildman–Crippen MR) is 307 cm³/mol. The van der Waals surface area contributed by atoms with Crippen LogP contribution >= 0.6 is 43.5 Å². The molecule has 4 aromatic carbocycles. The molecule has 0 unspecified atom stereocenters. The number of nitrogens with one attached hydrogen (secondary N) is 3. The van der Waals surface area contributed by atoms with Crippen molar-refractivity contribution in [1.82, 2.24) is 9.97 Å². The molecule has 96 heavy (non-hydrogen) atoms. The summed E-state index contributed by atoms with van der Waals surface area (Å²) in [5.74, 6) is -6.02. The standard InChI is InChI=1S/C28H16BrF11N4O2.C21H14BrF11N2O.C7H3ClN2O.2CH4.V/c1-41-20-8-7-14(11-42-20)24(46)44(12-13-5-6-13)19-4-2-3-16(21(19)30)23(45)43-22-17(26(32,33)34)9-15(10-18(22)29)25(31,27(35,36)37)28(38,39)40;22-13-7-10(18(24,20(28,29)30)21(31,32)33)6-12(19(25,26)27)16(13)35-17(36)11-2-1-3-14(15(11)23)34-8-9-4-5-9;1-9-6-3-2-5(4-10-6)7(8)11;;;/h2-4,7-11,13H,5-6,12H2,(H,43,45);1-3,6-7,9,34H,4-5,8H2,(H,35,36);2-4H;2*1H4;. The molecule has 517 valence electrons.